The van der Waals surface area contributed by atoms with Crippen molar-refractivity contribution in [2.24, 2.45) is 0 Å². The third-order valence-electron chi connectivity index (χ3n) is 2.80. The topological polar surface area (TPSA) is 9.23 Å². The monoisotopic (exact) mass is 222 g/mol. The Hall–Kier alpha value is -2.20. The van der Waals surface area contributed by atoms with Gasteiger partial charge in [-0.05, 0) is 36.2 Å². The van der Waals surface area contributed by atoms with Gasteiger partial charge in [-0.3, -0.25) is 0 Å². The van der Waals surface area contributed by atoms with Gasteiger partial charge in [0.05, 0.1) is 7.11 Å². The Morgan fingerprint density at radius 3 is 2.47 bits per heavy atom. The predicted molar refractivity (Wildman–Crippen MR) is 71.1 cm³/mol. The summed E-state index contributed by atoms with van der Waals surface area (Å²) in [6, 6.07) is 14.0. The van der Waals surface area contributed by atoms with Crippen LogP contribution in [0.3, 0.4) is 0 Å². The van der Waals surface area contributed by atoms with E-state index in [9.17, 15) is 0 Å². The normalized spacial score (nSPS) is 9.71. The standard InChI is InChI=1S/C16H14O/c1-4-13-9-10-16(17-3)15(11-13)14-8-6-5-7-12(14)2/h1,5-11H,2-3H3. The lowest BCUT2D eigenvalue weighted by Crippen LogP contribution is -1.90. The van der Waals surface area contributed by atoms with Crippen LogP contribution in [0, 0.1) is 19.3 Å². The molecule has 2 aromatic rings. The van der Waals surface area contributed by atoms with E-state index in [-0.39, 0.29) is 0 Å². The van der Waals surface area contributed by atoms with Gasteiger partial charge in [-0.1, -0.05) is 30.2 Å². The zero-order valence-corrected chi connectivity index (χ0v) is 10.0. The van der Waals surface area contributed by atoms with Crippen molar-refractivity contribution >= 4 is 0 Å². The van der Waals surface area contributed by atoms with Gasteiger partial charge < -0.3 is 4.74 Å². The Kier molecular flexibility index (Phi) is 3.16. The lowest BCUT2D eigenvalue weighted by atomic mass is 9.98. The van der Waals surface area contributed by atoms with Gasteiger partial charge in [0.15, 0.2) is 0 Å². The molecule has 2 aromatic carbocycles. The number of aryl methyl sites for hydroxylation is 1. The Morgan fingerprint density at radius 1 is 1.06 bits per heavy atom. The maximum Gasteiger partial charge on any atom is 0.126 e. The van der Waals surface area contributed by atoms with Gasteiger partial charge in [-0.15, -0.1) is 6.42 Å². The van der Waals surface area contributed by atoms with E-state index in [1.165, 1.54) is 5.56 Å². The number of hydrogen-bond acceptors (Lipinski definition) is 1. The molecule has 0 N–H and O–H groups in total. The highest BCUT2D eigenvalue weighted by molar-refractivity contribution is 5.74. The molecule has 1 nitrogen and oxygen atoms in total. The maximum absolute atomic E-state index is 5.44. The van der Waals surface area contributed by atoms with Crippen molar-refractivity contribution in [2.75, 3.05) is 7.11 Å². The summed E-state index contributed by atoms with van der Waals surface area (Å²) in [6.07, 6.45) is 5.44. The molecule has 0 aliphatic heterocycles. The highest BCUT2D eigenvalue weighted by atomic mass is 16.5. The molecular weight excluding hydrogens is 208 g/mol. The Morgan fingerprint density at radius 2 is 1.82 bits per heavy atom. The average molecular weight is 222 g/mol. The van der Waals surface area contributed by atoms with Crippen molar-refractivity contribution in [3.8, 4) is 29.2 Å². The number of hydrogen-bond donors (Lipinski definition) is 0. The largest absolute Gasteiger partial charge is 0.496 e. The molecule has 17 heavy (non-hydrogen) atoms. The second-order valence-electron chi connectivity index (χ2n) is 3.87. The molecule has 0 bridgehead atoms. The molecule has 0 atom stereocenters. The molecule has 0 aromatic heterocycles. The van der Waals surface area contributed by atoms with Crippen LogP contribution in [0.5, 0.6) is 5.75 Å². The molecule has 0 heterocycles. The van der Waals surface area contributed by atoms with E-state index in [1.807, 2.05) is 30.3 Å². The molecule has 0 radical (unpaired) electrons. The zero-order chi connectivity index (χ0) is 12.3. The summed E-state index contributed by atoms with van der Waals surface area (Å²) < 4.78 is 5.39. The van der Waals surface area contributed by atoms with Crippen molar-refractivity contribution in [1.29, 1.82) is 0 Å². The second kappa shape index (κ2) is 4.76. The number of rotatable bonds is 2. The first-order valence-corrected chi connectivity index (χ1v) is 5.47. The van der Waals surface area contributed by atoms with Crippen LogP contribution < -0.4 is 4.74 Å². The molecule has 0 aliphatic rings. The van der Waals surface area contributed by atoms with Gasteiger partial charge in [-0.2, -0.15) is 0 Å². The van der Waals surface area contributed by atoms with E-state index in [1.54, 1.807) is 7.11 Å². The smallest absolute Gasteiger partial charge is 0.126 e. The van der Waals surface area contributed by atoms with Crippen LogP contribution in [-0.4, -0.2) is 7.11 Å². The summed E-state index contributed by atoms with van der Waals surface area (Å²) >= 11 is 0. The molecule has 0 spiro atoms. The summed E-state index contributed by atoms with van der Waals surface area (Å²) in [5.41, 5.74) is 4.27. The molecule has 1 heteroatoms. The first-order chi connectivity index (χ1) is 8.26. The van der Waals surface area contributed by atoms with Gasteiger partial charge in [0.25, 0.3) is 0 Å². The van der Waals surface area contributed by atoms with Crippen LogP contribution in [0.2, 0.25) is 0 Å². The number of benzene rings is 2. The average Bonchev–Trinajstić information content (AvgIpc) is 2.38. The summed E-state index contributed by atoms with van der Waals surface area (Å²) in [6.45, 7) is 2.08. The molecule has 0 fully saturated rings. The quantitative estimate of drug-likeness (QED) is 0.705. The van der Waals surface area contributed by atoms with Crippen LogP contribution in [0.25, 0.3) is 11.1 Å². The minimum atomic E-state index is 0.846. The molecule has 0 unspecified atom stereocenters. The van der Waals surface area contributed by atoms with Gasteiger partial charge in [0.2, 0.25) is 0 Å². The highest BCUT2D eigenvalue weighted by Gasteiger charge is 2.08. The molecule has 0 saturated carbocycles. The van der Waals surface area contributed by atoms with Gasteiger partial charge in [0.1, 0.15) is 5.75 Å². The highest BCUT2D eigenvalue weighted by Crippen LogP contribution is 2.32. The van der Waals surface area contributed by atoms with E-state index in [0.29, 0.717) is 0 Å². The van der Waals surface area contributed by atoms with E-state index in [4.69, 9.17) is 11.2 Å². The van der Waals surface area contributed by atoms with Gasteiger partial charge in [0, 0.05) is 11.1 Å². The molecule has 84 valence electrons. The summed E-state index contributed by atoms with van der Waals surface area (Å²) in [5.74, 6) is 3.50. The molecule has 2 rings (SSSR count). The van der Waals surface area contributed by atoms with Crippen LogP contribution in [0.1, 0.15) is 11.1 Å². The Bertz CT molecular complexity index is 576. The first kappa shape index (κ1) is 11.3. The Labute approximate surface area is 102 Å². The minimum absolute atomic E-state index is 0.846. The third kappa shape index (κ3) is 2.16. The third-order valence-corrected chi connectivity index (χ3v) is 2.80. The molecule has 0 amide bonds. The van der Waals surface area contributed by atoms with E-state index < -0.39 is 0 Å². The van der Waals surface area contributed by atoms with Crippen LogP contribution in [0.15, 0.2) is 42.5 Å². The lowest BCUT2D eigenvalue weighted by molar-refractivity contribution is 0.416. The maximum atomic E-state index is 5.44. The van der Waals surface area contributed by atoms with Gasteiger partial charge >= 0.3 is 0 Å². The zero-order valence-electron chi connectivity index (χ0n) is 10.0. The SMILES string of the molecule is C#Cc1ccc(OC)c(-c2ccccc2C)c1. The van der Waals surface area contributed by atoms with Crippen molar-refractivity contribution in [1.82, 2.24) is 0 Å². The molecular formula is C16H14O. The van der Waals surface area contributed by atoms with Gasteiger partial charge in [-0.25, -0.2) is 0 Å². The summed E-state index contributed by atoms with van der Waals surface area (Å²) in [5, 5.41) is 0. The molecule has 0 saturated heterocycles. The number of methoxy groups -OCH3 is 1. The van der Waals surface area contributed by atoms with E-state index >= 15 is 0 Å². The van der Waals surface area contributed by atoms with Crippen molar-refractivity contribution in [3.05, 3.63) is 53.6 Å². The first-order valence-electron chi connectivity index (χ1n) is 5.47. The molecule has 0 aliphatic carbocycles. The van der Waals surface area contributed by atoms with Crippen molar-refractivity contribution in [3.63, 3.8) is 0 Å². The summed E-state index contributed by atoms with van der Waals surface area (Å²) in [4.78, 5) is 0. The fraction of sp³-hybridized carbons (Fsp3) is 0.125. The second-order valence-corrected chi connectivity index (χ2v) is 3.87. The van der Waals surface area contributed by atoms with Crippen LogP contribution in [-0.2, 0) is 0 Å². The fourth-order valence-corrected chi connectivity index (χ4v) is 1.88. The van der Waals surface area contributed by atoms with Crippen molar-refractivity contribution < 1.29 is 4.74 Å². The summed E-state index contributed by atoms with van der Waals surface area (Å²) in [7, 11) is 1.67. The van der Waals surface area contributed by atoms with Crippen LogP contribution >= 0.6 is 0 Å². The number of ether oxygens (including phenoxy) is 1. The van der Waals surface area contributed by atoms with Crippen LogP contribution in [0.4, 0.5) is 0 Å². The lowest BCUT2D eigenvalue weighted by Gasteiger charge is -2.11. The Balaban J connectivity index is 2.65. The van der Waals surface area contributed by atoms with Crippen molar-refractivity contribution in [2.45, 2.75) is 6.92 Å². The minimum Gasteiger partial charge on any atom is -0.496 e. The predicted octanol–water partition coefficient (Wildman–Crippen LogP) is 3.65. The van der Waals surface area contributed by atoms with E-state index in [2.05, 4.69) is 25.0 Å². The van der Waals surface area contributed by atoms with E-state index in [0.717, 1.165) is 22.4 Å². The fourth-order valence-electron chi connectivity index (χ4n) is 1.88. The number of terminal acetylenes is 1.